The van der Waals surface area contributed by atoms with Crippen LogP contribution in [0.3, 0.4) is 0 Å². The average Bonchev–Trinajstić information content (AvgIpc) is 2.26. The van der Waals surface area contributed by atoms with Crippen molar-refractivity contribution in [2.45, 2.75) is 20.4 Å². The van der Waals surface area contributed by atoms with Crippen LogP contribution in [0.15, 0.2) is 24.9 Å². The normalized spacial score (nSPS) is 10.5. The Morgan fingerprint density at radius 1 is 1.43 bits per heavy atom. The molecular formula is C12H18N2. The molecule has 76 valence electrons. The maximum absolute atomic E-state index is 4.18. The van der Waals surface area contributed by atoms with Crippen LogP contribution in [-0.4, -0.2) is 23.0 Å². The fraction of sp³-hybridized carbons (Fsp3) is 0.417. The summed E-state index contributed by atoms with van der Waals surface area (Å²) in [5.41, 5.74) is 2.26. The lowest BCUT2D eigenvalue weighted by molar-refractivity contribution is 0.296. The van der Waals surface area contributed by atoms with E-state index in [-0.39, 0.29) is 0 Å². The summed E-state index contributed by atoms with van der Waals surface area (Å²) in [5, 5.41) is 0. The third kappa shape index (κ3) is 2.96. The summed E-state index contributed by atoms with van der Waals surface area (Å²) in [5.74, 6) is 0. The first-order valence-corrected chi connectivity index (χ1v) is 5.09. The van der Waals surface area contributed by atoms with E-state index in [0.717, 1.165) is 25.3 Å². The smallest absolute Gasteiger partial charge is 0.0626 e. The summed E-state index contributed by atoms with van der Waals surface area (Å²) < 4.78 is 0. The molecule has 0 N–H and O–H groups in total. The summed E-state index contributed by atoms with van der Waals surface area (Å²) in [4.78, 5) is 6.56. The van der Waals surface area contributed by atoms with Crippen molar-refractivity contribution in [1.29, 1.82) is 0 Å². The Morgan fingerprint density at radius 2 is 2.14 bits per heavy atom. The van der Waals surface area contributed by atoms with Crippen molar-refractivity contribution >= 4 is 6.08 Å². The number of hydrogen-bond acceptors (Lipinski definition) is 2. The third-order valence-corrected chi connectivity index (χ3v) is 2.36. The van der Waals surface area contributed by atoms with Crippen molar-refractivity contribution in [3.63, 3.8) is 0 Å². The Labute approximate surface area is 86.3 Å². The van der Waals surface area contributed by atoms with Crippen molar-refractivity contribution in [2.24, 2.45) is 0 Å². The molecule has 2 nitrogen and oxygen atoms in total. The Morgan fingerprint density at radius 3 is 2.71 bits per heavy atom. The van der Waals surface area contributed by atoms with Gasteiger partial charge in [0.1, 0.15) is 0 Å². The van der Waals surface area contributed by atoms with Crippen LogP contribution >= 0.6 is 0 Å². The monoisotopic (exact) mass is 190 g/mol. The molecule has 1 aromatic heterocycles. The molecule has 0 unspecified atom stereocenters. The van der Waals surface area contributed by atoms with Gasteiger partial charge in [-0.1, -0.05) is 20.4 Å². The molecule has 0 aliphatic heterocycles. The van der Waals surface area contributed by atoms with Gasteiger partial charge in [-0.2, -0.15) is 0 Å². The predicted molar refractivity (Wildman–Crippen MR) is 61.0 cm³/mol. The lowest BCUT2D eigenvalue weighted by Crippen LogP contribution is -2.22. The first kappa shape index (κ1) is 10.9. The van der Waals surface area contributed by atoms with Gasteiger partial charge in [0, 0.05) is 12.7 Å². The second-order valence-electron chi connectivity index (χ2n) is 3.25. The highest BCUT2D eigenvalue weighted by atomic mass is 15.1. The topological polar surface area (TPSA) is 16.1 Å². The molecule has 0 spiro atoms. The van der Waals surface area contributed by atoms with Crippen LogP contribution in [-0.2, 0) is 6.54 Å². The molecule has 2 heteroatoms. The highest BCUT2D eigenvalue weighted by Crippen LogP contribution is 2.06. The standard InChI is InChI=1S/C12H18N2/c1-4-12-9-11(7-8-13-12)10-14(5-2)6-3/h4,7-9H,1,5-6,10H2,2-3H3. The van der Waals surface area contributed by atoms with E-state index in [4.69, 9.17) is 0 Å². The summed E-state index contributed by atoms with van der Waals surface area (Å²) >= 11 is 0. The minimum Gasteiger partial charge on any atom is -0.300 e. The van der Waals surface area contributed by atoms with E-state index in [9.17, 15) is 0 Å². The van der Waals surface area contributed by atoms with E-state index in [0.29, 0.717) is 0 Å². The lowest BCUT2D eigenvalue weighted by Gasteiger charge is -2.17. The number of rotatable bonds is 5. The molecule has 0 bridgehead atoms. The van der Waals surface area contributed by atoms with E-state index < -0.39 is 0 Å². The van der Waals surface area contributed by atoms with Crippen LogP contribution in [0.2, 0.25) is 0 Å². The van der Waals surface area contributed by atoms with Crippen LogP contribution in [0.5, 0.6) is 0 Å². The molecule has 0 saturated carbocycles. The number of nitrogens with zero attached hydrogens (tertiary/aromatic N) is 2. The van der Waals surface area contributed by atoms with Gasteiger partial charge >= 0.3 is 0 Å². The zero-order chi connectivity index (χ0) is 10.4. The van der Waals surface area contributed by atoms with E-state index in [1.807, 2.05) is 6.20 Å². The van der Waals surface area contributed by atoms with E-state index in [2.05, 4.69) is 42.4 Å². The zero-order valence-corrected chi connectivity index (χ0v) is 9.03. The molecule has 0 fully saturated rings. The van der Waals surface area contributed by atoms with Gasteiger partial charge in [-0.3, -0.25) is 9.88 Å². The van der Waals surface area contributed by atoms with Crippen molar-refractivity contribution < 1.29 is 0 Å². The Bertz CT molecular complexity index is 290. The summed E-state index contributed by atoms with van der Waals surface area (Å²) in [7, 11) is 0. The molecule has 14 heavy (non-hydrogen) atoms. The van der Waals surface area contributed by atoms with Crippen LogP contribution in [0.25, 0.3) is 6.08 Å². The van der Waals surface area contributed by atoms with E-state index >= 15 is 0 Å². The minimum atomic E-state index is 0.953. The quantitative estimate of drug-likeness (QED) is 0.709. The van der Waals surface area contributed by atoms with Gasteiger partial charge < -0.3 is 0 Å². The minimum absolute atomic E-state index is 0.953. The highest BCUT2D eigenvalue weighted by molar-refractivity contribution is 5.42. The van der Waals surface area contributed by atoms with Crippen molar-refractivity contribution in [3.8, 4) is 0 Å². The predicted octanol–water partition coefficient (Wildman–Crippen LogP) is 2.57. The van der Waals surface area contributed by atoms with Gasteiger partial charge in [-0.05, 0) is 36.9 Å². The summed E-state index contributed by atoms with van der Waals surface area (Å²) in [6.07, 6.45) is 3.63. The molecule has 0 amide bonds. The third-order valence-electron chi connectivity index (χ3n) is 2.36. The summed E-state index contributed by atoms with van der Waals surface area (Å²) in [6.45, 7) is 11.2. The SMILES string of the molecule is C=Cc1cc(CN(CC)CC)ccn1. The molecule has 0 aliphatic rings. The van der Waals surface area contributed by atoms with Crippen molar-refractivity contribution in [3.05, 3.63) is 36.2 Å². The van der Waals surface area contributed by atoms with Crippen molar-refractivity contribution in [2.75, 3.05) is 13.1 Å². The Balaban J connectivity index is 2.70. The molecule has 0 atom stereocenters. The molecule has 0 aromatic carbocycles. The maximum atomic E-state index is 4.18. The molecule has 0 radical (unpaired) electrons. The Kier molecular flexibility index (Phi) is 4.33. The molecule has 0 aliphatic carbocycles. The fourth-order valence-electron chi connectivity index (χ4n) is 1.41. The first-order valence-electron chi connectivity index (χ1n) is 5.09. The number of hydrogen-bond donors (Lipinski definition) is 0. The van der Waals surface area contributed by atoms with Gasteiger partial charge in [0.05, 0.1) is 5.69 Å². The molecule has 1 aromatic rings. The van der Waals surface area contributed by atoms with E-state index in [1.165, 1.54) is 5.56 Å². The average molecular weight is 190 g/mol. The first-order chi connectivity index (χ1) is 6.80. The molecule has 1 heterocycles. The summed E-state index contributed by atoms with van der Waals surface area (Å²) in [6, 6.07) is 4.15. The second kappa shape index (κ2) is 5.55. The van der Waals surface area contributed by atoms with Crippen molar-refractivity contribution in [1.82, 2.24) is 9.88 Å². The second-order valence-corrected chi connectivity index (χ2v) is 3.25. The van der Waals surface area contributed by atoms with Crippen LogP contribution in [0.4, 0.5) is 0 Å². The van der Waals surface area contributed by atoms with Crippen LogP contribution in [0.1, 0.15) is 25.1 Å². The number of aromatic nitrogens is 1. The lowest BCUT2D eigenvalue weighted by atomic mass is 10.2. The zero-order valence-electron chi connectivity index (χ0n) is 9.03. The molecule has 0 saturated heterocycles. The largest absolute Gasteiger partial charge is 0.300 e. The highest BCUT2D eigenvalue weighted by Gasteiger charge is 2.00. The fourth-order valence-corrected chi connectivity index (χ4v) is 1.41. The van der Waals surface area contributed by atoms with E-state index in [1.54, 1.807) is 6.08 Å². The Hall–Kier alpha value is -1.15. The molecule has 1 rings (SSSR count). The van der Waals surface area contributed by atoms with Gasteiger partial charge in [-0.15, -0.1) is 0 Å². The van der Waals surface area contributed by atoms with Gasteiger partial charge in [0.15, 0.2) is 0 Å². The maximum Gasteiger partial charge on any atom is 0.0626 e. The van der Waals surface area contributed by atoms with Gasteiger partial charge in [0.2, 0.25) is 0 Å². The van der Waals surface area contributed by atoms with Crippen LogP contribution < -0.4 is 0 Å². The van der Waals surface area contributed by atoms with Gasteiger partial charge in [-0.25, -0.2) is 0 Å². The molecular weight excluding hydrogens is 172 g/mol. The number of pyridine rings is 1. The van der Waals surface area contributed by atoms with Gasteiger partial charge in [0.25, 0.3) is 0 Å². The van der Waals surface area contributed by atoms with Crippen LogP contribution in [0, 0.1) is 0 Å².